The van der Waals surface area contributed by atoms with Crippen molar-refractivity contribution in [1.82, 2.24) is 0 Å². The zero-order valence-electron chi connectivity index (χ0n) is 23.0. The normalized spacial score (nSPS) is 12.0. The van der Waals surface area contributed by atoms with E-state index in [-0.39, 0.29) is 11.0 Å². The van der Waals surface area contributed by atoms with Gasteiger partial charge in [-0.25, -0.2) is 0 Å². The fourth-order valence-electron chi connectivity index (χ4n) is 4.17. The molecular weight excluding hydrogens is 472 g/mol. The first-order valence-electron chi connectivity index (χ1n) is 13.0. The van der Waals surface area contributed by atoms with Gasteiger partial charge < -0.3 is 9.47 Å². The van der Waals surface area contributed by atoms with E-state index in [1.165, 1.54) is 26.5 Å². The lowest BCUT2D eigenvalue weighted by atomic mass is 9.78. The van der Waals surface area contributed by atoms with Crippen molar-refractivity contribution in [3.05, 3.63) is 114 Å². The molecule has 0 fully saturated rings. The summed E-state index contributed by atoms with van der Waals surface area (Å²) in [5.41, 5.74) is 3.51. The van der Waals surface area contributed by atoms with Gasteiger partial charge in [0.15, 0.2) is 0 Å². The van der Waals surface area contributed by atoms with Crippen LogP contribution in [-0.4, -0.2) is 5.60 Å². The third-order valence-electron chi connectivity index (χ3n) is 6.42. The Balaban J connectivity index is 1.38. The molecule has 0 heterocycles. The van der Waals surface area contributed by atoms with Crippen molar-refractivity contribution in [3.63, 3.8) is 0 Å². The molecule has 0 bridgehead atoms. The smallest absolute Gasteiger partial charge is 0.127 e. The topological polar surface area (TPSA) is 18.5 Å². The summed E-state index contributed by atoms with van der Waals surface area (Å²) < 4.78 is 12.1. The van der Waals surface area contributed by atoms with Crippen molar-refractivity contribution in [3.8, 4) is 17.2 Å². The molecule has 37 heavy (non-hydrogen) atoms. The molecule has 0 amide bonds. The molecule has 0 unspecified atom stereocenters. The minimum absolute atomic E-state index is 0.134. The molecule has 4 aromatic rings. The van der Waals surface area contributed by atoms with Crippen molar-refractivity contribution in [1.29, 1.82) is 0 Å². The van der Waals surface area contributed by atoms with Crippen LogP contribution < -0.4 is 9.47 Å². The number of hydrogen-bond acceptors (Lipinski definition) is 3. The van der Waals surface area contributed by atoms with E-state index in [0.29, 0.717) is 5.92 Å². The molecule has 0 saturated carbocycles. The van der Waals surface area contributed by atoms with Gasteiger partial charge in [-0.2, -0.15) is 0 Å². The fraction of sp³-hybridized carbons (Fsp3) is 0.294. The van der Waals surface area contributed by atoms with Gasteiger partial charge in [-0.3, -0.25) is 0 Å². The van der Waals surface area contributed by atoms with Crippen LogP contribution in [0.1, 0.15) is 71.1 Å². The van der Waals surface area contributed by atoms with Crippen LogP contribution in [0.25, 0.3) is 0 Å². The van der Waals surface area contributed by atoms with Crippen molar-refractivity contribution < 1.29 is 9.47 Å². The summed E-state index contributed by atoms with van der Waals surface area (Å²) >= 11 is 1.77. The second-order valence-electron chi connectivity index (χ2n) is 11.3. The molecule has 0 N–H and O–H groups in total. The van der Waals surface area contributed by atoms with Gasteiger partial charge in [0.25, 0.3) is 0 Å². The van der Waals surface area contributed by atoms with Crippen molar-refractivity contribution >= 4 is 11.8 Å². The molecule has 0 atom stereocenters. The van der Waals surface area contributed by atoms with Gasteiger partial charge >= 0.3 is 0 Å². The maximum Gasteiger partial charge on any atom is 0.127 e. The van der Waals surface area contributed by atoms with E-state index in [0.717, 1.165) is 17.2 Å². The van der Waals surface area contributed by atoms with E-state index in [9.17, 15) is 0 Å². The maximum atomic E-state index is 6.14. The predicted octanol–water partition coefficient (Wildman–Crippen LogP) is 10.3. The second-order valence-corrected chi connectivity index (χ2v) is 12.4. The van der Waals surface area contributed by atoms with Crippen LogP contribution in [0, 0.1) is 0 Å². The summed E-state index contributed by atoms with van der Waals surface area (Å²) in [4.78, 5) is 2.44. The van der Waals surface area contributed by atoms with Gasteiger partial charge in [0.05, 0.1) is 0 Å². The number of rotatable bonds is 8. The Labute approximate surface area is 227 Å². The molecule has 0 aliphatic heterocycles. The summed E-state index contributed by atoms with van der Waals surface area (Å²) in [6.45, 7) is 15.1. The summed E-state index contributed by atoms with van der Waals surface area (Å²) in [6.07, 6.45) is 0. The Hall–Kier alpha value is -3.17. The molecular formula is C34H38O2S. The Bertz CT molecular complexity index is 1280. The monoisotopic (exact) mass is 510 g/mol. The van der Waals surface area contributed by atoms with Crippen LogP contribution in [0.2, 0.25) is 0 Å². The van der Waals surface area contributed by atoms with E-state index in [4.69, 9.17) is 9.47 Å². The van der Waals surface area contributed by atoms with Gasteiger partial charge in [-0.15, -0.1) is 0 Å². The average Bonchev–Trinajstić information content (AvgIpc) is 2.85. The molecule has 0 aliphatic carbocycles. The van der Waals surface area contributed by atoms with Gasteiger partial charge in [-0.1, -0.05) is 75.9 Å². The zero-order chi connectivity index (χ0) is 26.6. The summed E-state index contributed by atoms with van der Waals surface area (Å²) in [5.74, 6) is 3.11. The Kier molecular flexibility index (Phi) is 8.04. The molecule has 192 valence electrons. The lowest BCUT2D eigenvalue weighted by Crippen LogP contribution is -2.23. The largest absolute Gasteiger partial charge is 0.488 e. The van der Waals surface area contributed by atoms with E-state index >= 15 is 0 Å². The first kappa shape index (κ1) is 26.9. The molecule has 2 nitrogen and oxygen atoms in total. The Morgan fingerprint density at radius 2 is 0.946 bits per heavy atom. The maximum absolute atomic E-state index is 6.14. The van der Waals surface area contributed by atoms with Crippen LogP contribution >= 0.6 is 11.8 Å². The summed E-state index contributed by atoms with van der Waals surface area (Å²) in [7, 11) is 0. The third kappa shape index (κ3) is 7.20. The fourth-order valence-corrected chi connectivity index (χ4v) is 4.98. The SMILES string of the molecule is CC(C)c1ccc(Sc2ccc(Oc3ccc(C(C)(C)c4ccc(OC(C)(C)C)cc4)cc3)cc2)cc1. The summed E-state index contributed by atoms with van der Waals surface area (Å²) in [6, 6.07) is 33.9. The van der Waals surface area contributed by atoms with Crippen LogP contribution in [0.5, 0.6) is 17.2 Å². The first-order valence-corrected chi connectivity index (χ1v) is 13.8. The third-order valence-corrected chi connectivity index (χ3v) is 7.43. The predicted molar refractivity (Wildman–Crippen MR) is 157 cm³/mol. The highest BCUT2D eigenvalue weighted by Crippen LogP contribution is 2.35. The minimum Gasteiger partial charge on any atom is -0.488 e. The average molecular weight is 511 g/mol. The van der Waals surface area contributed by atoms with Gasteiger partial charge in [0.2, 0.25) is 0 Å². The van der Waals surface area contributed by atoms with Gasteiger partial charge in [0.1, 0.15) is 22.8 Å². The molecule has 0 spiro atoms. The number of benzene rings is 4. The number of ether oxygens (including phenoxy) is 2. The van der Waals surface area contributed by atoms with Crippen molar-refractivity contribution in [2.45, 2.75) is 75.2 Å². The lowest BCUT2D eigenvalue weighted by Gasteiger charge is -2.27. The number of hydrogen-bond donors (Lipinski definition) is 0. The van der Waals surface area contributed by atoms with Crippen molar-refractivity contribution in [2.24, 2.45) is 0 Å². The van der Waals surface area contributed by atoms with E-state index in [1.807, 2.05) is 24.3 Å². The molecule has 0 aliphatic rings. The van der Waals surface area contributed by atoms with Crippen LogP contribution in [0.15, 0.2) is 107 Å². The standard InChI is InChI=1S/C34H38O2S/c1-24(2)25-8-20-31(21-9-25)37-32-22-18-29(19-23-32)35-28-14-10-26(11-15-28)34(6,7)27-12-16-30(17-13-27)36-33(3,4)5/h8-24H,1-7H3. The van der Waals surface area contributed by atoms with Crippen LogP contribution in [-0.2, 0) is 5.41 Å². The summed E-state index contributed by atoms with van der Waals surface area (Å²) in [5, 5.41) is 0. The van der Waals surface area contributed by atoms with E-state index in [1.54, 1.807) is 11.8 Å². The molecule has 0 radical (unpaired) electrons. The zero-order valence-corrected chi connectivity index (χ0v) is 23.9. The van der Waals surface area contributed by atoms with E-state index < -0.39 is 0 Å². The lowest BCUT2D eigenvalue weighted by molar-refractivity contribution is 0.131. The first-order chi connectivity index (χ1) is 17.5. The molecule has 0 aromatic heterocycles. The highest BCUT2D eigenvalue weighted by Gasteiger charge is 2.23. The van der Waals surface area contributed by atoms with E-state index in [2.05, 4.69) is 121 Å². The van der Waals surface area contributed by atoms with Crippen LogP contribution in [0.4, 0.5) is 0 Å². The van der Waals surface area contributed by atoms with Gasteiger partial charge in [-0.05, 0) is 104 Å². The molecule has 4 aromatic carbocycles. The molecule has 0 saturated heterocycles. The Morgan fingerprint density at radius 1 is 0.541 bits per heavy atom. The second kappa shape index (κ2) is 11.1. The van der Waals surface area contributed by atoms with Crippen LogP contribution in [0.3, 0.4) is 0 Å². The highest BCUT2D eigenvalue weighted by molar-refractivity contribution is 7.99. The van der Waals surface area contributed by atoms with Gasteiger partial charge in [0, 0.05) is 15.2 Å². The minimum atomic E-state index is -0.203. The highest BCUT2D eigenvalue weighted by atomic mass is 32.2. The quantitative estimate of drug-likeness (QED) is 0.235. The Morgan fingerprint density at radius 3 is 1.38 bits per heavy atom. The molecule has 3 heteroatoms. The van der Waals surface area contributed by atoms with Crippen molar-refractivity contribution in [2.75, 3.05) is 0 Å². The molecule has 4 rings (SSSR count).